The van der Waals surface area contributed by atoms with E-state index in [1.165, 1.54) is 10.5 Å². The maximum absolute atomic E-state index is 10.9. The number of carboxylic acid groups (broad SMARTS) is 1. The molecule has 0 saturated carbocycles. The van der Waals surface area contributed by atoms with Gasteiger partial charge in [0.2, 0.25) is 0 Å². The van der Waals surface area contributed by atoms with Crippen molar-refractivity contribution >= 4 is 29.2 Å². The first-order valence-electron chi connectivity index (χ1n) is 9.59. The first-order valence-corrected chi connectivity index (χ1v) is 10.4. The normalized spacial score (nSPS) is 17.5. The van der Waals surface area contributed by atoms with Crippen molar-refractivity contribution in [1.29, 1.82) is 0 Å². The number of likely N-dealkylation sites (tertiary alicyclic amines) is 1. The second-order valence-corrected chi connectivity index (χ2v) is 8.45. The summed E-state index contributed by atoms with van der Waals surface area (Å²) in [7, 11) is 0. The maximum atomic E-state index is 10.9. The molecule has 1 aromatic heterocycles. The van der Waals surface area contributed by atoms with E-state index in [0.717, 1.165) is 55.4 Å². The van der Waals surface area contributed by atoms with Crippen LogP contribution in [0.25, 0.3) is 0 Å². The van der Waals surface area contributed by atoms with Gasteiger partial charge in [-0.25, -0.2) is 14.8 Å². The molecule has 4 rings (SSSR count). The number of nitrogens with one attached hydrogen (secondary N) is 1. The summed E-state index contributed by atoms with van der Waals surface area (Å²) in [5, 5.41) is 13.3. The second-order valence-electron chi connectivity index (χ2n) is 7.42. The number of hydrogen-bond acceptors (Lipinski definition) is 6. The summed E-state index contributed by atoms with van der Waals surface area (Å²) in [4.78, 5) is 23.3. The van der Waals surface area contributed by atoms with Crippen LogP contribution in [0.15, 0.2) is 52.2 Å². The van der Waals surface area contributed by atoms with E-state index in [1.807, 2.05) is 6.08 Å². The Kier molecular flexibility index (Phi) is 5.64. The number of carboxylic acids is 1. The van der Waals surface area contributed by atoms with E-state index >= 15 is 0 Å². The number of piperidine rings is 1. The van der Waals surface area contributed by atoms with Gasteiger partial charge in [-0.3, -0.25) is 4.90 Å². The number of aromatic nitrogens is 2. The van der Waals surface area contributed by atoms with E-state index in [4.69, 9.17) is 5.11 Å². The highest BCUT2D eigenvalue weighted by molar-refractivity contribution is 7.99. The molecule has 0 unspecified atom stereocenters. The molecular weight excluding hydrogens is 372 g/mol. The lowest BCUT2D eigenvalue weighted by molar-refractivity contribution is -0.132. The van der Waals surface area contributed by atoms with Crippen LogP contribution >= 0.6 is 11.8 Å². The van der Waals surface area contributed by atoms with Gasteiger partial charge in [0, 0.05) is 29.4 Å². The van der Waals surface area contributed by atoms with Crippen LogP contribution in [0, 0.1) is 5.92 Å². The second kappa shape index (κ2) is 8.32. The first kappa shape index (κ1) is 19.0. The molecule has 1 fully saturated rings. The van der Waals surface area contributed by atoms with Crippen LogP contribution in [0.5, 0.6) is 0 Å². The zero-order chi connectivity index (χ0) is 19.5. The molecule has 0 spiro atoms. The molecule has 0 aliphatic carbocycles. The van der Waals surface area contributed by atoms with E-state index in [0.29, 0.717) is 11.5 Å². The van der Waals surface area contributed by atoms with E-state index in [9.17, 15) is 4.79 Å². The lowest BCUT2D eigenvalue weighted by atomic mass is 9.92. The molecule has 2 aromatic rings. The highest BCUT2D eigenvalue weighted by Crippen LogP contribution is 2.42. The van der Waals surface area contributed by atoms with Gasteiger partial charge in [0.05, 0.1) is 5.69 Å². The fourth-order valence-corrected chi connectivity index (χ4v) is 4.53. The quantitative estimate of drug-likeness (QED) is 0.622. The number of rotatable bonds is 5. The fraction of sp³-hybridized carbons (Fsp3) is 0.381. The van der Waals surface area contributed by atoms with Gasteiger partial charge in [0.1, 0.15) is 5.03 Å². The SMILES string of the molecule is C/C(=C\CC1CCN(Cc2ccc3c(c2)Nc2nccnc2S3)CC1)C(=O)O. The van der Waals surface area contributed by atoms with Crippen LogP contribution in [0.4, 0.5) is 11.5 Å². The van der Waals surface area contributed by atoms with Crippen molar-refractivity contribution in [2.24, 2.45) is 5.92 Å². The summed E-state index contributed by atoms with van der Waals surface area (Å²) in [6.45, 7) is 4.71. The molecule has 7 heteroatoms. The van der Waals surface area contributed by atoms with Crippen molar-refractivity contribution in [3.63, 3.8) is 0 Å². The van der Waals surface area contributed by atoms with Crippen molar-refractivity contribution in [3.05, 3.63) is 47.8 Å². The number of hydrogen-bond donors (Lipinski definition) is 2. The van der Waals surface area contributed by atoms with Gasteiger partial charge < -0.3 is 10.4 Å². The van der Waals surface area contributed by atoms with E-state index in [1.54, 1.807) is 31.1 Å². The number of benzene rings is 1. The Labute approximate surface area is 169 Å². The topological polar surface area (TPSA) is 78.3 Å². The lowest BCUT2D eigenvalue weighted by Crippen LogP contribution is -2.33. The van der Waals surface area contributed by atoms with Crippen LogP contribution in [0.2, 0.25) is 0 Å². The van der Waals surface area contributed by atoms with Gasteiger partial charge in [-0.1, -0.05) is 23.9 Å². The smallest absolute Gasteiger partial charge is 0.330 e. The standard InChI is InChI=1S/C21H24N4O2S/c1-14(21(26)27)2-3-15-6-10-25(11-7-15)13-16-4-5-18-17(12-16)24-19-20(28-18)23-9-8-22-19/h2,4-5,8-9,12,15H,3,6-7,10-11,13H2,1H3,(H,22,24)(H,26,27)/b14-2+. The minimum absolute atomic E-state index is 0.452. The van der Waals surface area contributed by atoms with Gasteiger partial charge >= 0.3 is 5.97 Å². The highest BCUT2D eigenvalue weighted by atomic mass is 32.2. The highest BCUT2D eigenvalue weighted by Gasteiger charge is 2.21. The number of fused-ring (bicyclic) bond motifs is 2. The Morgan fingerprint density at radius 2 is 2.11 bits per heavy atom. The van der Waals surface area contributed by atoms with Crippen molar-refractivity contribution in [2.45, 2.75) is 42.7 Å². The monoisotopic (exact) mass is 396 g/mol. The minimum atomic E-state index is -0.815. The molecule has 2 aliphatic rings. The van der Waals surface area contributed by atoms with E-state index in [2.05, 4.69) is 38.4 Å². The number of allylic oxidation sites excluding steroid dienone is 1. The third kappa shape index (κ3) is 4.36. The molecule has 28 heavy (non-hydrogen) atoms. The molecule has 0 atom stereocenters. The Bertz CT molecular complexity index is 907. The Morgan fingerprint density at radius 3 is 2.89 bits per heavy atom. The molecule has 1 saturated heterocycles. The van der Waals surface area contributed by atoms with Crippen molar-refractivity contribution in [3.8, 4) is 0 Å². The molecule has 146 valence electrons. The molecule has 2 aliphatic heterocycles. The van der Waals surface area contributed by atoms with Crippen LogP contribution < -0.4 is 5.32 Å². The van der Waals surface area contributed by atoms with Gasteiger partial charge in [-0.15, -0.1) is 0 Å². The summed E-state index contributed by atoms with van der Waals surface area (Å²) >= 11 is 1.65. The summed E-state index contributed by atoms with van der Waals surface area (Å²) in [5.74, 6) is 0.593. The van der Waals surface area contributed by atoms with Crippen LogP contribution in [0.3, 0.4) is 0 Å². The third-order valence-electron chi connectivity index (χ3n) is 5.38. The minimum Gasteiger partial charge on any atom is -0.478 e. The Balaban J connectivity index is 1.33. The predicted octanol–water partition coefficient (Wildman–Crippen LogP) is 4.32. The number of carbonyl (C=O) groups is 1. The summed E-state index contributed by atoms with van der Waals surface area (Å²) in [5.41, 5.74) is 2.84. The average molecular weight is 397 g/mol. The zero-order valence-electron chi connectivity index (χ0n) is 15.9. The van der Waals surface area contributed by atoms with Gasteiger partial charge in [0.25, 0.3) is 0 Å². The van der Waals surface area contributed by atoms with Crippen molar-refractivity contribution in [2.75, 3.05) is 18.4 Å². The fourth-order valence-electron chi connectivity index (χ4n) is 3.65. The zero-order valence-corrected chi connectivity index (χ0v) is 16.7. The van der Waals surface area contributed by atoms with Crippen LogP contribution in [-0.2, 0) is 11.3 Å². The average Bonchev–Trinajstić information content (AvgIpc) is 2.71. The summed E-state index contributed by atoms with van der Waals surface area (Å²) in [6, 6.07) is 6.57. The molecule has 6 nitrogen and oxygen atoms in total. The van der Waals surface area contributed by atoms with Gasteiger partial charge in [-0.2, -0.15) is 0 Å². The summed E-state index contributed by atoms with van der Waals surface area (Å²) in [6.07, 6.45) is 8.40. The number of nitrogens with zero attached hydrogens (tertiary/aromatic N) is 3. The van der Waals surface area contributed by atoms with Crippen molar-refractivity contribution in [1.82, 2.24) is 14.9 Å². The maximum Gasteiger partial charge on any atom is 0.330 e. The predicted molar refractivity (Wildman–Crippen MR) is 110 cm³/mol. The lowest BCUT2D eigenvalue weighted by Gasteiger charge is -2.32. The van der Waals surface area contributed by atoms with Crippen LogP contribution in [-0.4, -0.2) is 39.0 Å². The van der Waals surface area contributed by atoms with Crippen molar-refractivity contribution < 1.29 is 9.90 Å². The number of anilines is 2. The molecule has 1 aromatic carbocycles. The largest absolute Gasteiger partial charge is 0.478 e. The molecule has 0 radical (unpaired) electrons. The third-order valence-corrected chi connectivity index (χ3v) is 6.44. The van der Waals surface area contributed by atoms with E-state index < -0.39 is 5.97 Å². The molecule has 2 N–H and O–H groups in total. The Hall–Kier alpha value is -2.38. The summed E-state index contributed by atoms with van der Waals surface area (Å²) < 4.78 is 0. The van der Waals surface area contributed by atoms with Crippen LogP contribution in [0.1, 0.15) is 31.7 Å². The number of aliphatic carboxylic acids is 1. The van der Waals surface area contributed by atoms with E-state index in [-0.39, 0.29) is 0 Å². The Morgan fingerprint density at radius 1 is 1.32 bits per heavy atom. The molecule has 0 amide bonds. The van der Waals surface area contributed by atoms with Gasteiger partial charge in [0.15, 0.2) is 5.82 Å². The van der Waals surface area contributed by atoms with Gasteiger partial charge in [-0.05, 0) is 62.9 Å². The molecule has 0 bridgehead atoms. The first-order chi connectivity index (χ1) is 13.6. The molecular formula is C21H24N4O2S. The molecule has 3 heterocycles.